The average Bonchev–Trinajstić information content (AvgIpc) is 2.50. The van der Waals surface area contributed by atoms with Crippen LogP contribution in [-0.2, 0) is 9.53 Å². The van der Waals surface area contributed by atoms with E-state index in [1.807, 2.05) is 6.08 Å². The van der Waals surface area contributed by atoms with Crippen molar-refractivity contribution in [1.82, 2.24) is 0 Å². The SMILES string of the molecule is CCCCCC=CCCCCCCCCC=CC(=O)OC. The molecule has 0 aliphatic rings. The van der Waals surface area contributed by atoms with Gasteiger partial charge in [0.1, 0.15) is 0 Å². The fourth-order valence-corrected chi connectivity index (χ4v) is 2.23. The number of esters is 1. The number of carbonyl (C=O) groups excluding carboxylic acids is 1. The molecule has 0 aromatic carbocycles. The van der Waals surface area contributed by atoms with Crippen molar-refractivity contribution in [2.24, 2.45) is 0 Å². The molecule has 0 aliphatic heterocycles. The predicted octanol–water partition coefficient (Wildman–Crippen LogP) is 5.97. The van der Waals surface area contributed by atoms with Crippen LogP contribution in [-0.4, -0.2) is 13.1 Å². The van der Waals surface area contributed by atoms with E-state index in [4.69, 9.17) is 0 Å². The molecule has 0 N–H and O–H groups in total. The number of rotatable bonds is 14. The normalized spacial score (nSPS) is 11.5. The van der Waals surface area contributed by atoms with Crippen molar-refractivity contribution < 1.29 is 9.53 Å². The Bertz CT molecular complexity index is 279. The fourth-order valence-electron chi connectivity index (χ4n) is 2.23. The Labute approximate surface area is 131 Å². The number of unbranched alkanes of at least 4 members (excludes halogenated alkanes) is 10. The molecule has 0 spiro atoms. The van der Waals surface area contributed by atoms with Crippen LogP contribution in [0.2, 0.25) is 0 Å². The summed E-state index contributed by atoms with van der Waals surface area (Å²) in [4.78, 5) is 10.8. The summed E-state index contributed by atoms with van der Waals surface area (Å²) in [5.41, 5.74) is 0. The van der Waals surface area contributed by atoms with Gasteiger partial charge in [0.25, 0.3) is 0 Å². The molecule has 0 saturated carbocycles. The molecule has 0 amide bonds. The van der Waals surface area contributed by atoms with Crippen LogP contribution in [0.3, 0.4) is 0 Å². The lowest BCUT2D eigenvalue weighted by Crippen LogP contribution is -1.93. The highest BCUT2D eigenvalue weighted by Gasteiger charge is 1.92. The highest BCUT2D eigenvalue weighted by atomic mass is 16.5. The van der Waals surface area contributed by atoms with E-state index < -0.39 is 0 Å². The molecule has 0 unspecified atom stereocenters. The third-order valence-electron chi connectivity index (χ3n) is 3.59. The third kappa shape index (κ3) is 16.9. The molecule has 0 aromatic rings. The summed E-state index contributed by atoms with van der Waals surface area (Å²) < 4.78 is 4.54. The van der Waals surface area contributed by atoms with E-state index in [1.165, 1.54) is 83.8 Å². The molecule has 0 saturated heterocycles. The van der Waals surface area contributed by atoms with Crippen molar-refractivity contribution in [1.29, 1.82) is 0 Å². The molecular formula is C19H34O2. The number of ether oxygens (including phenoxy) is 1. The summed E-state index contributed by atoms with van der Waals surface area (Å²) in [6, 6.07) is 0. The van der Waals surface area contributed by atoms with E-state index in [9.17, 15) is 4.79 Å². The Hall–Kier alpha value is -1.05. The molecule has 0 aromatic heterocycles. The Balaban J connectivity index is 3.15. The van der Waals surface area contributed by atoms with Gasteiger partial charge in [0, 0.05) is 6.08 Å². The first-order valence-electron chi connectivity index (χ1n) is 8.70. The summed E-state index contributed by atoms with van der Waals surface area (Å²) >= 11 is 0. The summed E-state index contributed by atoms with van der Waals surface area (Å²) in [7, 11) is 1.41. The van der Waals surface area contributed by atoms with Gasteiger partial charge < -0.3 is 4.74 Å². The maximum Gasteiger partial charge on any atom is 0.330 e. The van der Waals surface area contributed by atoms with Crippen LogP contribution < -0.4 is 0 Å². The van der Waals surface area contributed by atoms with Gasteiger partial charge in [-0.3, -0.25) is 0 Å². The van der Waals surface area contributed by atoms with E-state index in [0.717, 1.165) is 6.42 Å². The number of allylic oxidation sites excluding steroid dienone is 3. The summed E-state index contributed by atoms with van der Waals surface area (Å²) in [5, 5.41) is 0. The second kappa shape index (κ2) is 17.0. The average molecular weight is 294 g/mol. The number of hydrogen-bond donors (Lipinski definition) is 0. The second-order valence-corrected chi connectivity index (χ2v) is 5.59. The molecule has 0 heterocycles. The van der Waals surface area contributed by atoms with E-state index in [2.05, 4.69) is 23.8 Å². The van der Waals surface area contributed by atoms with Crippen LogP contribution in [0.4, 0.5) is 0 Å². The van der Waals surface area contributed by atoms with Gasteiger partial charge in [-0.1, -0.05) is 63.7 Å². The molecular weight excluding hydrogens is 260 g/mol. The van der Waals surface area contributed by atoms with E-state index >= 15 is 0 Å². The van der Waals surface area contributed by atoms with Gasteiger partial charge in [0.05, 0.1) is 7.11 Å². The first-order chi connectivity index (χ1) is 10.3. The van der Waals surface area contributed by atoms with Gasteiger partial charge in [-0.05, 0) is 38.5 Å². The largest absolute Gasteiger partial charge is 0.466 e. The minimum atomic E-state index is -0.252. The van der Waals surface area contributed by atoms with Crippen molar-refractivity contribution in [2.75, 3.05) is 7.11 Å². The molecule has 0 bridgehead atoms. The lowest BCUT2D eigenvalue weighted by Gasteiger charge is -1.99. The molecule has 0 radical (unpaired) electrons. The van der Waals surface area contributed by atoms with Crippen molar-refractivity contribution in [3.05, 3.63) is 24.3 Å². The molecule has 122 valence electrons. The predicted molar refractivity (Wildman–Crippen MR) is 91.4 cm³/mol. The van der Waals surface area contributed by atoms with Crippen LogP contribution in [0.1, 0.15) is 84.0 Å². The number of hydrogen-bond acceptors (Lipinski definition) is 2. The third-order valence-corrected chi connectivity index (χ3v) is 3.59. The standard InChI is InChI=1S/C19H34O2/c1-3-4-5-6-7-8-9-10-11-12-13-14-15-16-17-18-19(20)21-2/h7-8,17-18H,3-6,9-16H2,1-2H3. The minimum Gasteiger partial charge on any atom is -0.466 e. The zero-order valence-corrected chi connectivity index (χ0v) is 14.1. The van der Waals surface area contributed by atoms with Crippen molar-refractivity contribution in [2.45, 2.75) is 84.0 Å². The van der Waals surface area contributed by atoms with Gasteiger partial charge in [0.2, 0.25) is 0 Å². The summed E-state index contributed by atoms with van der Waals surface area (Å²) in [6.07, 6.45) is 23.4. The van der Waals surface area contributed by atoms with Crippen LogP contribution in [0.5, 0.6) is 0 Å². The quantitative estimate of drug-likeness (QED) is 0.171. The summed E-state index contributed by atoms with van der Waals surface area (Å²) in [6.45, 7) is 2.25. The molecule has 21 heavy (non-hydrogen) atoms. The topological polar surface area (TPSA) is 26.3 Å². The smallest absolute Gasteiger partial charge is 0.330 e. The Morgan fingerprint density at radius 1 is 0.762 bits per heavy atom. The maximum atomic E-state index is 10.8. The van der Waals surface area contributed by atoms with E-state index in [0.29, 0.717) is 0 Å². The second-order valence-electron chi connectivity index (χ2n) is 5.59. The Morgan fingerprint density at radius 3 is 1.76 bits per heavy atom. The van der Waals surface area contributed by atoms with Gasteiger partial charge in [0.15, 0.2) is 0 Å². The fraction of sp³-hybridized carbons (Fsp3) is 0.737. The Morgan fingerprint density at radius 2 is 1.24 bits per heavy atom. The first kappa shape index (κ1) is 19.9. The van der Waals surface area contributed by atoms with Crippen LogP contribution in [0, 0.1) is 0 Å². The van der Waals surface area contributed by atoms with Gasteiger partial charge in [-0.2, -0.15) is 0 Å². The van der Waals surface area contributed by atoms with E-state index in [1.54, 1.807) is 0 Å². The highest BCUT2D eigenvalue weighted by Crippen LogP contribution is 2.09. The lowest BCUT2D eigenvalue weighted by atomic mass is 10.1. The van der Waals surface area contributed by atoms with Crippen LogP contribution >= 0.6 is 0 Å². The zero-order valence-electron chi connectivity index (χ0n) is 14.1. The molecule has 2 heteroatoms. The van der Waals surface area contributed by atoms with Gasteiger partial charge in [-0.25, -0.2) is 4.79 Å². The zero-order chi connectivity index (χ0) is 15.6. The molecule has 0 rings (SSSR count). The van der Waals surface area contributed by atoms with Crippen LogP contribution in [0.15, 0.2) is 24.3 Å². The summed E-state index contributed by atoms with van der Waals surface area (Å²) in [5.74, 6) is -0.252. The molecule has 0 fully saturated rings. The minimum absolute atomic E-state index is 0.252. The van der Waals surface area contributed by atoms with Gasteiger partial charge >= 0.3 is 5.97 Å². The Kier molecular flexibility index (Phi) is 16.2. The monoisotopic (exact) mass is 294 g/mol. The van der Waals surface area contributed by atoms with Gasteiger partial charge in [-0.15, -0.1) is 0 Å². The number of methoxy groups -OCH3 is 1. The van der Waals surface area contributed by atoms with E-state index in [-0.39, 0.29) is 5.97 Å². The number of carbonyl (C=O) groups is 1. The van der Waals surface area contributed by atoms with Crippen molar-refractivity contribution in [3.63, 3.8) is 0 Å². The van der Waals surface area contributed by atoms with Crippen molar-refractivity contribution in [3.8, 4) is 0 Å². The lowest BCUT2D eigenvalue weighted by molar-refractivity contribution is -0.134. The molecule has 0 atom stereocenters. The molecule has 0 aliphatic carbocycles. The van der Waals surface area contributed by atoms with Crippen molar-refractivity contribution >= 4 is 5.97 Å². The maximum absolute atomic E-state index is 10.8. The first-order valence-corrected chi connectivity index (χ1v) is 8.70. The highest BCUT2D eigenvalue weighted by molar-refractivity contribution is 5.81. The van der Waals surface area contributed by atoms with Crippen LogP contribution in [0.25, 0.3) is 0 Å². The molecule has 2 nitrogen and oxygen atoms in total.